The fourth-order valence-corrected chi connectivity index (χ4v) is 4.57. The van der Waals surface area contributed by atoms with Crippen LogP contribution in [0.25, 0.3) is 0 Å². The summed E-state index contributed by atoms with van der Waals surface area (Å²) in [5, 5.41) is 8.35. The van der Waals surface area contributed by atoms with Gasteiger partial charge in [0.25, 0.3) is 5.91 Å². The lowest BCUT2D eigenvalue weighted by Gasteiger charge is -2.30. The minimum atomic E-state index is -1.69. The van der Waals surface area contributed by atoms with Crippen LogP contribution in [-0.2, 0) is 24.6 Å². The molecule has 4 rings (SSSR count). The number of carbonyl (C=O) groups is 3. The number of hydrogen-bond acceptors (Lipinski definition) is 6. The molecule has 0 fully saturated rings. The Hall–Kier alpha value is -4.28. The van der Waals surface area contributed by atoms with Crippen molar-refractivity contribution in [3.05, 3.63) is 84.1 Å². The summed E-state index contributed by atoms with van der Waals surface area (Å²) in [4.78, 5) is 46.5. The number of nitrogens with zero attached hydrogens (tertiary/aromatic N) is 2. The Morgan fingerprint density at radius 2 is 1.64 bits per heavy atom. The van der Waals surface area contributed by atoms with Crippen LogP contribution < -0.4 is 20.9 Å². The van der Waals surface area contributed by atoms with Crippen LogP contribution in [0.3, 0.4) is 0 Å². The number of nitrogens with one attached hydrogen (secondary N) is 3. The van der Waals surface area contributed by atoms with Crippen molar-refractivity contribution in [1.29, 1.82) is 0 Å². The highest BCUT2D eigenvalue weighted by Gasteiger charge is 2.53. The number of aryl methyl sites for hydroxylation is 1. The molecule has 1 unspecified atom stereocenters. The van der Waals surface area contributed by atoms with Crippen molar-refractivity contribution in [3.8, 4) is 0 Å². The average Bonchev–Trinajstić information content (AvgIpc) is 3.13. The van der Waals surface area contributed by atoms with Crippen LogP contribution in [0.5, 0.6) is 0 Å². The molecule has 3 N–H and O–H groups in total. The van der Waals surface area contributed by atoms with Gasteiger partial charge in [0.05, 0.1) is 18.7 Å². The summed E-state index contributed by atoms with van der Waals surface area (Å²) in [7, 11) is 0. The Labute approximate surface area is 227 Å². The zero-order valence-electron chi connectivity index (χ0n) is 22.3. The number of aromatic nitrogens is 1. The summed E-state index contributed by atoms with van der Waals surface area (Å²) >= 11 is 0. The number of benzene rings is 2. The molecule has 2 aromatic carbocycles. The first-order valence-electron chi connectivity index (χ1n) is 12.9. The van der Waals surface area contributed by atoms with Crippen LogP contribution in [0.1, 0.15) is 31.4 Å². The normalized spacial score (nSPS) is 16.2. The quantitative estimate of drug-likeness (QED) is 0.319. The Morgan fingerprint density at radius 1 is 0.949 bits per heavy atom. The van der Waals surface area contributed by atoms with Crippen LogP contribution in [0.2, 0.25) is 0 Å². The third-order valence-corrected chi connectivity index (χ3v) is 6.30. The first-order valence-corrected chi connectivity index (χ1v) is 12.9. The molecule has 2 heterocycles. The van der Waals surface area contributed by atoms with Gasteiger partial charge in [-0.1, -0.05) is 42.0 Å². The van der Waals surface area contributed by atoms with Crippen molar-refractivity contribution in [2.45, 2.75) is 39.0 Å². The van der Waals surface area contributed by atoms with E-state index in [0.29, 0.717) is 36.0 Å². The van der Waals surface area contributed by atoms with E-state index in [1.807, 2.05) is 32.9 Å². The molecule has 10 nitrogen and oxygen atoms in total. The number of rotatable bonds is 11. The fourth-order valence-electron chi connectivity index (χ4n) is 4.57. The molecule has 39 heavy (non-hydrogen) atoms. The van der Waals surface area contributed by atoms with Crippen molar-refractivity contribution in [2.75, 3.05) is 35.3 Å². The van der Waals surface area contributed by atoms with Gasteiger partial charge in [-0.15, -0.1) is 0 Å². The smallest absolute Gasteiger partial charge is 0.320 e. The highest BCUT2D eigenvalue weighted by molar-refractivity contribution is 6.12. The maximum absolute atomic E-state index is 14.2. The Balaban J connectivity index is 1.69. The van der Waals surface area contributed by atoms with E-state index in [1.54, 1.807) is 60.8 Å². The van der Waals surface area contributed by atoms with Gasteiger partial charge in [-0.2, -0.15) is 0 Å². The van der Waals surface area contributed by atoms with E-state index >= 15 is 0 Å². The molecular formula is C29H33N5O5. The summed E-state index contributed by atoms with van der Waals surface area (Å²) < 4.78 is 11.4. The number of carbonyl (C=O) groups excluding carboxylic acids is 3. The second kappa shape index (κ2) is 12.5. The molecular weight excluding hydrogens is 498 g/mol. The number of para-hydroxylation sites is 1. The first kappa shape index (κ1) is 27.7. The molecule has 0 bridgehead atoms. The standard InChI is InChI=1S/C29H33N5O5/c1-4-38-26(39-5-2)19-34-23-11-7-6-10-22(23)29(27(34)36,18-25(35)32-24-12-8-9-17-30-24)33-28(37)31-21-15-13-20(3)14-16-21/h6-17,26H,4-5,18-19H2,1-3H3,(H,30,32,35)(H2,31,33,37). The summed E-state index contributed by atoms with van der Waals surface area (Å²) in [6.07, 6.45) is 0.514. The maximum Gasteiger partial charge on any atom is 0.320 e. The highest BCUT2D eigenvalue weighted by Crippen LogP contribution is 2.43. The second-order valence-corrected chi connectivity index (χ2v) is 9.06. The minimum absolute atomic E-state index is 0.0857. The molecule has 3 aromatic rings. The predicted octanol–water partition coefficient (Wildman–Crippen LogP) is 4.18. The molecule has 1 atom stereocenters. The third kappa shape index (κ3) is 6.42. The summed E-state index contributed by atoms with van der Waals surface area (Å²) in [6.45, 7) is 6.50. The monoisotopic (exact) mass is 531 g/mol. The van der Waals surface area contributed by atoms with Crippen LogP contribution in [0.15, 0.2) is 72.9 Å². The van der Waals surface area contributed by atoms with Crippen molar-refractivity contribution < 1.29 is 23.9 Å². The van der Waals surface area contributed by atoms with Crippen molar-refractivity contribution >= 4 is 35.0 Å². The van der Waals surface area contributed by atoms with E-state index in [9.17, 15) is 14.4 Å². The van der Waals surface area contributed by atoms with Gasteiger partial charge in [0.15, 0.2) is 11.8 Å². The number of fused-ring (bicyclic) bond motifs is 1. The number of pyridine rings is 1. The van der Waals surface area contributed by atoms with Gasteiger partial charge in [-0.05, 0) is 51.1 Å². The van der Waals surface area contributed by atoms with Crippen molar-refractivity contribution in [2.24, 2.45) is 0 Å². The lowest BCUT2D eigenvalue weighted by atomic mass is 9.87. The number of anilines is 3. The molecule has 0 spiro atoms. The van der Waals surface area contributed by atoms with Gasteiger partial charge < -0.3 is 30.3 Å². The third-order valence-electron chi connectivity index (χ3n) is 6.30. The molecule has 1 aromatic heterocycles. The summed E-state index contributed by atoms with van der Waals surface area (Å²) in [6, 6.07) is 18.8. The lowest BCUT2D eigenvalue weighted by Crippen LogP contribution is -2.56. The largest absolute Gasteiger partial charge is 0.351 e. The van der Waals surface area contributed by atoms with Crippen LogP contribution >= 0.6 is 0 Å². The molecule has 4 amide bonds. The SMILES string of the molecule is CCOC(CN1C(=O)C(CC(=O)Nc2ccccn2)(NC(=O)Nc2ccc(C)cc2)c2ccccc21)OCC. The van der Waals surface area contributed by atoms with Crippen LogP contribution in [0.4, 0.5) is 22.0 Å². The molecule has 1 aliphatic heterocycles. The molecule has 0 saturated heterocycles. The van der Waals surface area contributed by atoms with Crippen LogP contribution in [-0.4, -0.2) is 48.9 Å². The number of hydrogen-bond donors (Lipinski definition) is 3. The number of amides is 4. The Bertz CT molecular complexity index is 1290. The molecule has 10 heteroatoms. The van der Waals surface area contributed by atoms with Crippen molar-refractivity contribution in [1.82, 2.24) is 10.3 Å². The zero-order chi connectivity index (χ0) is 27.8. The first-order chi connectivity index (χ1) is 18.9. The Kier molecular flexibility index (Phi) is 8.90. The van der Waals surface area contributed by atoms with Gasteiger partial charge in [0.1, 0.15) is 5.82 Å². The second-order valence-electron chi connectivity index (χ2n) is 9.06. The van der Waals surface area contributed by atoms with Gasteiger partial charge in [0.2, 0.25) is 5.91 Å². The topological polar surface area (TPSA) is 122 Å². The molecule has 204 valence electrons. The van der Waals surface area contributed by atoms with E-state index in [1.165, 1.54) is 4.90 Å². The van der Waals surface area contributed by atoms with Gasteiger partial charge in [-0.25, -0.2) is 9.78 Å². The van der Waals surface area contributed by atoms with Gasteiger partial charge >= 0.3 is 6.03 Å². The van der Waals surface area contributed by atoms with E-state index in [0.717, 1.165) is 5.56 Å². The minimum Gasteiger partial charge on any atom is -0.351 e. The molecule has 0 saturated carbocycles. The Morgan fingerprint density at radius 3 is 2.31 bits per heavy atom. The van der Waals surface area contributed by atoms with Crippen molar-refractivity contribution in [3.63, 3.8) is 0 Å². The van der Waals surface area contributed by atoms with Crippen LogP contribution in [0, 0.1) is 6.92 Å². The highest BCUT2D eigenvalue weighted by atomic mass is 16.7. The molecule has 0 aliphatic carbocycles. The molecule has 0 radical (unpaired) electrons. The van der Waals surface area contributed by atoms with E-state index in [2.05, 4.69) is 20.9 Å². The maximum atomic E-state index is 14.2. The molecule has 1 aliphatic rings. The zero-order valence-corrected chi connectivity index (χ0v) is 22.3. The van der Waals surface area contributed by atoms with E-state index in [-0.39, 0.29) is 13.0 Å². The fraction of sp³-hybridized carbons (Fsp3) is 0.310. The lowest BCUT2D eigenvalue weighted by molar-refractivity contribution is -0.138. The number of ether oxygens (including phenoxy) is 2. The van der Waals surface area contributed by atoms with E-state index in [4.69, 9.17) is 9.47 Å². The average molecular weight is 532 g/mol. The summed E-state index contributed by atoms with van der Waals surface area (Å²) in [5.41, 5.74) is 0.963. The van der Waals surface area contributed by atoms with Gasteiger partial charge in [-0.3, -0.25) is 9.59 Å². The predicted molar refractivity (Wildman–Crippen MR) is 148 cm³/mol. The number of urea groups is 1. The van der Waals surface area contributed by atoms with E-state index < -0.39 is 29.7 Å². The summed E-state index contributed by atoms with van der Waals surface area (Å²) in [5.74, 6) is -0.617. The van der Waals surface area contributed by atoms with Gasteiger partial charge in [0, 0.05) is 30.7 Å².